The average molecular weight is 329 g/mol. The van der Waals surface area contributed by atoms with Gasteiger partial charge in [-0.15, -0.1) is 0 Å². The number of hydrogen-bond acceptors (Lipinski definition) is 4. The van der Waals surface area contributed by atoms with Crippen LogP contribution in [0.5, 0.6) is 0 Å². The van der Waals surface area contributed by atoms with Crippen LogP contribution in [-0.4, -0.2) is 43.3 Å². The molecule has 0 saturated heterocycles. The van der Waals surface area contributed by atoms with Gasteiger partial charge in [0, 0.05) is 7.05 Å². The molecule has 1 atom stereocenters. The highest BCUT2D eigenvalue weighted by atomic mass is 16.6. The summed E-state index contributed by atoms with van der Waals surface area (Å²) in [6.45, 7) is 9.04. The van der Waals surface area contributed by atoms with Gasteiger partial charge in [0.25, 0.3) is 0 Å². The van der Waals surface area contributed by atoms with Crippen molar-refractivity contribution < 1.29 is 19.1 Å². The third-order valence-corrected chi connectivity index (χ3v) is 3.69. The molecular weight excluding hydrogens is 294 g/mol. The Morgan fingerprint density at radius 1 is 0.913 bits per heavy atom. The molecule has 0 aliphatic carbocycles. The third kappa shape index (κ3) is 10.2. The lowest BCUT2D eigenvalue weighted by atomic mass is 10.0. The number of ether oxygens (including phenoxy) is 2. The zero-order valence-electron chi connectivity index (χ0n) is 15.6. The van der Waals surface area contributed by atoms with E-state index in [2.05, 4.69) is 6.92 Å². The van der Waals surface area contributed by atoms with Crippen molar-refractivity contribution in [3.05, 3.63) is 0 Å². The molecule has 0 rings (SSSR count). The van der Waals surface area contributed by atoms with Crippen molar-refractivity contribution in [3.63, 3.8) is 0 Å². The summed E-state index contributed by atoms with van der Waals surface area (Å²) in [4.78, 5) is 25.8. The van der Waals surface area contributed by atoms with Crippen LogP contribution < -0.4 is 0 Å². The van der Waals surface area contributed by atoms with Crippen molar-refractivity contribution >= 4 is 12.1 Å². The molecule has 0 aliphatic rings. The number of hydrogen-bond donors (Lipinski definition) is 0. The minimum Gasteiger partial charge on any atom is -0.464 e. The topological polar surface area (TPSA) is 55.8 Å². The van der Waals surface area contributed by atoms with Gasteiger partial charge in [-0.05, 0) is 25.2 Å². The molecule has 136 valence electrons. The monoisotopic (exact) mass is 329 g/mol. The van der Waals surface area contributed by atoms with E-state index in [1.54, 1.807) is 7.05 Å². The molecule has 23 heavy (non-hydrogen) atoms. The number of carbonyl (C=O) groups is 2. The van der Waals surface area contributed by atoms with Crippen LogP contribution in [0.4, 0.5) is 4.79 Å². The lowest BCUT2D eigenvalue weighted by molar-refractivity contribution is -0.149. The minimum atomic E-state index is -0.574. The van der Waals surface area contributed by atoms with E-state index in [1.165, 1.54) is 4.90 Å². The Balaban J connectivity index is 4.46. The summed E-state index contributed by atoms with van der Waals surface area (Å²) in [7, 11) is 1.61. The van der Waals surface area contributed by atoms with Crippen LogP contribution in [0.3, 0.4) is 0 Å². The Kier molecular flexibility index (Phi) is 12.5. The zero-order valence-corrected chi connectivity index (χ0v) is 15.6. The van der Waals surface area contributed by atoms with E-state index in [9.17, 15) is 9.59 Å². The molecular formula is C18H35NO4. The Morgan fingerprint density at radius 3 is 2.09 bits per heavy atom. The lowest BCUT2D eigenvalue weighted by Crippen LogP contribution is -2.44. The van der Waals surface area contributed by atoms with Crippen LogP contribution in [0.15, 0.2) is 0 Å². The summed E-state index contributed by atoms with van der Waals surface area (Å²) in [6, 6.07) is -0.574. The van der Waals surface area contributed by atoms with Crippen molar-refractivity contribution in [2.24, 2.45) is 5.92 Å². The first kappa shape index (κ1) is 21.7. The first-order valence-electron chi connectivity index (χ1n) is 9.00. The van der Waals surface area contributed by atoms with E-state index in [0.29, 0.717) is 25.6 Å². The van der Waals surface area contributed by atoms with Gasteiger partial charge < -0.3 is 9.47 Å². The predicted molar refractivity (Wildman–Crippen MR) is 92.4 cm³/mol. The molecule has 0 N–H and O–H groups in total. The SMILES string of the molecule is CCCCCCOC(=O)C(CC(C)C)N(C)C(=O)OCCCC. The van der Waals surface area contributed by atoms with Gasteiger partial charge in [0.2, 0.25) is 0 Å². The van der Waals surface area contributed by atoms with Gasteiger partial charge >= 0.3 is 12.1 Å². The highest BCUT2D eigenvalue weighted by Gasteiger charge is 2.29. The lowest BCUT2D eigenvalue weighted by Gasteiger charge is -2.27. The Morgan fingerprint density at radius 2 is 1.52 bits per heavy atom. The normalized spacial score (nSPS) is 12.1. The van der Waals surface area contributed by atoms with E-state index >= 15 is 0 Å². The highest BCUT2D eigenvalue weighted by Crippen LogP contribution is 2.14. The minimum absolute atomic E-state index is 0.290. The molecule has 0 spiro atoms. The molecule has 1 amide bonds. The van der Waals surface area contributed by atoms with Crippen molar-refractivity contribution in [2.45, 2.75) is 78.7 Å². The Labute approximate surface area is 141 Å². The van der Waals surface area contributed by atoms with Crippen molar-refractivity contribution in [1.29, 1.82) is 0 Å². The van der Waals surface area contributed by atoms with Crippen LogP contribution in [0.25, 0.3) is 0 Å². The van der Waals surface area contributed by atoms with E-state index in [-0.39, 0.29) is 5.97 Å². The number of carbonyl (C=O) groups excluding carboxylic acids is 2. The smallest absolute Gasteiger partial charge is 0.410 e. The molecule has 0 saturated carbocycles. The van der Waals surface area contributed by atoms with Gasteiger partial charge in [0.15, 0.2) is 0 Å². The average Bonchev–Trinajstić information content (AvgIpc) is 2.51. The van der Waals surface area contributed by atoms with Crippen LogP contribution in [0.1, 0.15) is 72.6 Å². The molecule has 0 bridgehead atoms. The summed E-state index contributed by atoms with van der Waals surface area (Å²) >= 11 is 0. The molecule has 0 aromatic carbocycles. The number of likely N-dealkylation sites (N-methyl/N-ethyl adjacent to an activating group) is 1. The molecule has 0 aliphatic heterocycles. The maximum Gasteiger partial charge on any atom is 0.410 e. The molecule has 1 unspecified atom stereocenters. The molecule has 5 heteroatoms. The second-order valence-corrected chi connectivity index (χ2v) is 6.45. The summed E-state index contributed by atoms with van der Waals surface area (Å²) < 4.78 is 10.6. The van der Waals surface area contributed by atoms with Gasteiger partial charge in [0.1, 0.15) is 6.04 Å². The van der Waals surface area contributed by atoms with Gasteiger partial charge in [-0.25, -0.2) is 9.59 Å². The van der Waals surface area contributed by atoms with E-state index < -0.39 is 12.1 Å². The maximum absolute atomic E-state index is 12.3. The fourth-order valence-electron chi connectivity index (χ4n) is 2.19. The molecule has 0 heterocycles. The summed E-state index contributed by atoms with van der Waals surface area (Å²) in [6.07, 6.45) is 6.15. The van der Waals surface area contributed by atoms with Crippen LogP contribution in [0.2, 0.25) is 0 Å². The Hall–Kier alpha value is -1.26. The fraction of sp³-hybridized carbons (Fsp3) is 0.889. The van der Waals surface area contributed by atoms with E-state index in [4.69, 9.17) is 9.47 Å². The Bertz CT molecular complexity index is 331. The second kappa shape index (κ2) is 13.2. The summed E-state index contributed by atoms with van der Waals surface area (Å²) in [5.74, 6) is -0.0383. The zero-order chi connectivity index (χ0) is 17.7. The second-order valence-electron chi connectivity index (χ2n) is 6.45. The molecule has 0 fully saturated rings. The van der Waals surface area contributed by atoms with Gasteiger partial charge in [-0.3, -0.25) is 4.90 Å². The number of amides is 1. The van der Waals surface area contributed by atoms with Crippen molar-refractivity contribution in [1.82, 2.24) is 4.90 Å². The van der Waals surface area contributed by atoms with E-state index in [0.717, 1.165) is 38.5 Å². The van der Waals surface area contributed by atoms with Gasteiger partial charge in [-0.1, -0.05) is 53.4 Å². The standard InChI is InChI=1S/C18H35NO4/c1-6-8-10-11-13-22-17(20)16(14-15(3)4)19(5)18(21)23-12-9-7-2/h15-16H,6-14H2,1-5H3. The van der Waals surface area contributed by atoms with Crippen molar-refractivity contribution in [3.8, 4) is 0 Å². The van der Waals surface area contributed by atoms with Crippen LogP contribution in [0, 0.1) is 5.92 Å². The quantitative estimate of drug-likeness (QED) is 0.393. The predicted octanol–water partition coefficient (Wildman–Crippen LogP) is 4.39. The van der Waals surface area contributed by atoms with Crippen LogP contribution >= 0.6 is 0 Å². The fourth-order valence-corrected chi connectivity index (χ4v) is 2.19. The van der Waals surface area contributed by atoms with Gasteiger partial charge in [0.05, 0.1) is 13.2 Å². The van der Waals surface area contributed by atoms with E-state index in [1.807, 2.05) is 20.8 Å². The number of unbranched alkanes of at least 4 members (excludes halogenated alkanes) is 4. The number of nitrogens with zero attached hydrogens (tertiary/aromatic N) is 1. The summed E-state index contributed by atoms with van der Waals surface area (Å²) in [5.41, 5.74) is 0. The first-order chi connectivity index (χ1) is 10.9. The summed E-state index contributed by atoms with van der Waals surface area (Å²) in [5, 5.41) is 0. The van der Waals surface area contributed by atoms with Crippen LogP contribution in [-0.2, 0) is 14.3 Å². The van der Waals surface area contributed by atoms with Crippen molar-refractivity contribution in [2.75, 3.05) is 20.3 Å². The molecule has 0 aromatic rings. The molecule has 5 nitrogen and oxygen atoms in total. The maximum atomic E-state index is 12.3. The third-order valence-electron chi connectivity index (χ3n) is 3.69. The van der Waals surface area contributed by atoms with Gasteiger partial charge in [-0.2, -0.15) is 0 Å². The largest absolute Gasteiger partial charge is 0.464 e. The number of esters is 1. The molecule has 0 aromatic heterocycles. The number of rotatable bonds is 12. The highest BCUT2D eigenvalue weighted by molar-refractivity contribution is 5.81. The molecule has 0 radical (unpaired) electrons. The first-order valence-corrected chi connectivity index (χ1v) is 9.00.